The summed E-state index contributed by atoms with van der Waals surface area (Å²) in [7, 11) is 0. The van der Waals surface area contributed by atoms with Crippen LogP contribution >= 0.6 is 11.8 Å². The van der Waals surface area contributed by atoms with Gasteiger partial charge in [0.25, 0.3) is 0 Å². The van der Waals surface area contributed by atoms with E-state index in [1.54, 1.807) is 11.8 Å². The summed E-state index contributed by atoms with van der Waals surface area (Å²) in [6, 6.07) is 3.23. The standard InChI is InChI=1S/C12H14F2OS/c1-12(3-2-4-16-12)11(15)8-5-9(13)7-10(14)6-8/h5-7,11,15H,2-4H2,1H3. The second-order valence-electron chi connectivity index (χ2n) is 4.37. The molecule has 0 spiro atoms. The number of hydrogen-bond acceptors (Lipinski definition) is 2. The topological polar surface area (TPSA) is 20.2 Å². The number of rotatable bonds is 2. The Morgan fingerprint density at radius 1 is 1.31 bits per heavy atom. The van der Waals surface area contributed by atoms with Gasteiger partial charge in [-0.3, -0.25) is 0 Å². The highest BCUT2D eigenvalue weighted by atomic mass is 32.2. The van der Waals surface area contributed by atoms with Crippen molar-refractivity contribution in [3.05, 3.63) is 35.4 Å². The first-order chi connectivity index (χ1) is 7.51. The van der Waals surface area contributed by atoms with Crippen molar-refractivity contribution in [1.29, 1.82) is 0 Å². The average molecular weight is 244 g/mol. The number of benzene rings is 1. The van der Waals surface area contributed by atoms with Crippen LogP contribution in [0.3, 0.4) is 0 Å². The third-order valence-corrected chi connectivity index (χ3v) is 4.61. The molecule has 1 saturated heterocycles. The summed E-state index contributed by atoms with van der Waals surface area (Å²) >= 11 is 1.66. The maximum atomic E-state index is 13.0. The molecule has 0 saturated carbocycles. The lowest BCUT2D eigenvalue weighted by molar-refractivity contribution is 0.134. The maximum Gasteiger partial charge on any atom is 0.126 e. The van der Waals surface area contributed by atoms with Gasteiger partial charge < -0.3 is 5.11 Å². The van der Waals surface area contributed by atoms with Crippen LogP contribution in [0.25, 0.3) is 0 Å². The van der Waals surface area contributed by atoms with Gasteiger partial charge in [-0.25, -0.2) is 8.78 Å². The van der Waals surface area contributed by atoms with Crippen LogP contribution in [-0.4, -0.2) is 15.6 Å². The van der Waals surface area contributed by atoms with Crippen molar-refractivity contribution >= 4 is 11.8 Å². The van der Waals surface area contributed by atoms with E-state index in [0.717, 1.165) is 24.7 Å². The lowest BCUT2D eigenvalue weighted by atomic mass is 9.93. The number of halogens is 2. The molecule has 1 N–H and O–H groups in total. The van der Waals surface area contributed by atoms with Crippen molar-refractivity contribution in [1.82, 2.24) is 0 Å². The van der Waals surface area contributed by atoms with Crippen molar-refractivity contribution in [2.75, 3.05) is 5.75 Å². The molecule has 1 aromatic rings. The van der Waals surface area contributed by atoms with E-state index in [2.05, 4.69) is 0 Å². The Kier molecular flexibility index (Phi) is 3.22. The third-order valence-electron chi connectivity index (χ3n) is 3.03. The summed E-state index contributed by atoms with van der Waals surface area (Å²) in [6.45, 7) is 1.94. The highest BCUT2D eigenvalue weighted by molar-refractivity contribution is 8.00. The molecule has 0 amide bonds. The van der Waals surface area contributed by atoms with Crippen LogP contribution < -0.4 is 0 Å². The zero-order valence-corrected chi connectivity index (χ0v) is 9.86. The Bertz CT molecular complexity index is 368. The molecule has 1 aliphatic heterocycles. The second-order valence-corrected chi connectivity index (χ2v) is 6.00. The predicted octanol–water partition coefficient (Wildman–Crippen LogP) is 3.28. The molecular formula is C12H14F2OS. The monoisotopic (exact) mass is 244 g/mol. The first-order valence-corrected chi connectivity index (χ1v) is 6.28. The van der Waals surface area contributed by atoms with Gasteiger partial charge in [0, 0.05) is 10.8 Å². The van der Waals surface area contributed by atoms with Crippen molar-refractivity contribution < 1.29 is 13.9 Å². The Morgan fingerprint density at radius 2 is 1.94 bits per heavy atom. The summed E-state index contributed by atoms with van der Waals surface area (Å²) in [5.41, 5.74) is 0.328. The molecule has 1 heterocycles. The van der Waals surface area contributed by atoms with Crippen molar-refractivity contribution in [2.24, 2.45) is 0 Å². The van der Waals surface area contributed by atoms with E-state index in [1.807, 2.05) is 6.92 Å². The largest absolute Gasteiger partial charge is 0.387 e. The lowest BCUT2D eigenvalue weighted by Crippen LogP contribution is -2.26. The van der Waals surface area contributed by atoms with Crippen LogP contribution in [0.1, 0.15) is 31.4 Å². The molecule has 0 bridgehead atoms. The fourth-order valence-electron chi connectivity index (χ4n) is 2.10. The van der Waals surface area contributed by atoms with Crippen molar-refractivity contribution in [2.45, 2.75) is 30.6 Å². The smallest absolute Gasteiger partial charge is 0.126 e. The molecular weight excluding hydrogens is 230 g/mol. The van der Waals surface area contributed by atoms with Gasteiger partial charge in [0.05, 0.1) is 6.10 Å². The zero-order chi connectivity index (χ0) is 11.8. The van der Waals surface area contributed by atoms with Gasteiger partial charge in [-0.2, -0.15) is 11.8 Å². The Hall–Kier alpha value is -0.610. The van der Waals surface area contributed by atoms with Crippen molar-refractivity contribution in [3.8, 4) is 0 Å². The molecule has 0 aliphatic carbocycles. The quantitative estimate of drug-likeness (QED) is 0.861. The fraction of sp³-hybridized carbons (Fsp3) is 0.500. The summed E-state index contributed by atoms with van der Waals surface area (Å²) < 4.78 is 25.8. The van der Waals surface area contributed by atoms with Crippen molar-refractivity contribution in [3.63, 3.8) is 0 Å². The van der Waals surface area contributed by atoms with Gasteiger partial charge in [0.15, 0.2) is 0 Å². The van der Waals surface area contributed by atoms with E-state index in [1.165, 1.54) is 12.1 Å². The zero-order valence-electron chi connectivity index (χ0n) is 9.04. The minimum absolute atomic E-state index is 0.319. The van der Waals surface area contributed by atoms with Crippen LogP contribution in [-0.2, 0) is 0 Å². The van der Waals surface area contributed by atoms with E-state index in [4.69, 9.17) is 0 Å². The Balaban J connectivity index is 2.29. The van der Waals surface area contributed by atoms with Crippen LogP contribution in [0.4, 0.5) is 8.78 Å². The fourth-order valence-corrected chi connectivity index (χ4v) is 3.44. The molecule has 88 valence electrons. The van der Waals surface area contributed by atoms with Gasteiger partial charge in [-0.15, -0.1) is 0 Å². The number of thioether (sulfide) groups is 1. The summed E-state index contributed by atoms with van der Waals surface area (Å²) in [4.78, 5) is 0. The first-order valence-electron chi connectivity index (χ1n) is 5.29. The minimum atomic E-state index is -0.815. The first kappa shape index (κ1) is 11.9. The number of aliphatic hydroxyl groups is 1. The molecule has 0 aromatic heterocycles. The predicted molar refractivity (Wildman–Crippen MR) is 61.4 cm³/mol. The average Bonchev–Trinajstić information content (AvgIpc) is 2.64. The number of aliphatic hydroxyl groups excluding tert-OH is 1. The normalized spacial score (nSPS) is 27.0. The summed E-state index contributed by atoms with van der Waals surface area (Å²) in [5, 5.41) is 10.2. The van der Waals surface area contributed by atoms with Crippen LogP contribution in [0.5, 0.6) is 0 Å². The summed E-state index contributed by atoms with van der Waals surface area (Å²) in [6.07, 6.45) is 1.10. The van der Waals surface area contributed by atoms with E-state index in [9.17, 15) is 13.9 Å². The van der Waals surface area contributed by atoms with E-state index >= 15 is 0 Å². The molecule has 1 aromatic carbocycles. The van der Waals surface area contributed by atoms with E-state index < -0.39 is 17.7 Å². The molecule has 1 aliphatic rings. The van der Waals surface area contributed by atoms with Gasteiger partial charge in [0.2, 0.25) is 0 Å². The van der Waals surface area contributed by atoms with E-state index in [-0.39, 0.29) is 4.75 Å². The van der Waals surface area contributed by atoms with Crippen LogP contribution in [0.2, 0.25) is 0 Å². The molecule has 2 rings (SSSR count). The molecule has 1 fully saturated rings. The van der Waals surface area contributed by atoms with E-state index in [0.29, 0.717) is 5.56 Å². The second kappa shape index (κ2) is 4.34. The minimum Gasteiger partial charge on any atom is -0.387 e. The van der Waals surface area contributed by atoms with Gasteiger partial charge in [0.1, 0.15) is 11.6 Å². The molecule has 0 radical (unpaired) electrons. The molecule has 16 heavy (non-hydrogen) atoms. The SMILES string of the molecule is CC1(C(O)c2cc(F)cc(F)c2)CCCS1. The van der Waals surface area contributed by atoms with Crippen LogP contribution in [0, 0.1) is 11.6 Å². The molecule has 2 unspecified atom stereocenters. The molecule has 1 nitrogen and oxygen atoms in total. The molecule has 2 atom stereocenters. The lowest BCUT2D eigenvalue weighted by Gasteiger charge is -2.29. The number of hydrogen-bond donors (Lipinski definition) is 1. The highest BCUT2D eigenvalue weighted by Crippen LogP contribution is 2.46. The van der Waals surface area contributed by atoms with Gasteiger partial charge >= 0.3 is 0 Å². The third kappa shape index (κ3) is 2.23. The van der Waals surface area contributed by atoms with Crippen LogP contribution in [0.15, 0.2) is 18.2 Å². The summed E-state index contributed by atoms with van der Waals surface area (Å²) in [5.74, 6) is -0.285. The Labute approximate surface area is 97.9 Å². The Morgan fingerprint density at radius 3 is 2.44 bits per heavy atom. The van der Waals surface area contributed by atoms with Gasteiger partial charge in [-0.05, 0) is 43.2 Å². The van der Waals surface area contributed by atoms with Gasteiger partial charge in [-0.1, -0.05) is 0 Å². The maximum absolute atomic E-state index is 13.0. The highest BCUT2D eigenvalue weighted by Gasteiger charge is 2.37. The molecule has 4 heteroatoms.